The van der Waals surface area contributed by atoms with Gasteiger partial charge in [0.15, 0.2) is 5.96 Å². The number of rotatable bonds is 4. The Hall–Kier alpha value is -2.76. The second kappa shape index (κ2) is 6.86. The number of amides is 1. The lowest BCUT2D eigenvalue weighted by Gasteiger charge is -2.33. The molecule has 1 amide bonds. The van der Waals surface area contributed by atoms with Crippen LogP contribution < -0.4 is 5.73 Å². The Kier molecular flexibility index (Phi) is 4.76. The number of benzene rings is 1. The second-order valence-corrected chi connectivity index (χ2v) is 7.15. The molecule has 136 valence electrons. The van der Waals surface area contributed by atoms with E-state index in [2.05, 4.69) is 9.98 Å². The molecule has 1 atom stereocenters. The van der Waals surface area contributed by atoms with Crippen LogP contribution >= 0.6 is 0 Å². The lowest BCUT2D eigenvalue weighted by atomic mass is 9.88. The van der Waals surface area contributed by atoms with Gasteiger partial charge in [-0.2, -0.15) is 4.39 Å². The van der Waals surface area contributed by atoms with E-state index in [0.29, 0.717) is 18.4 Å². The van der Waals surface area contributed by atoms with Crippen LogP contribution in [0.1, 0.15) is 30.9 Å². The van der Waals surface area contributed by atoms with E-state index >= 15 is 0 Å². The first-order valence-electron chi connectivity index (χ1n) is 8.61. The number of hydrogen-bond donors (Lipinski definition) is 1. The molecule has 2 N–H and O–H groups in total. The van der Waals surface area contributed by atoms with Crippen LogP contribution in [0.2, 0.25) is 0 Å². The van der Waals surface area contributed by atoms with E-state index in [9.17, 15) is 9.18 Å². The maximum absolute atomic E-state index is 14.1. The molecule has 1 unspecified atom stereocenters. The Bertz CT molecular complexity index is 880. The topological polar surface area (TPSA) is 71.6 Å². The van der Waals surface area contributed by atoms with Gasteiger partial charge in [-0.3, -0.25) is 9.69 Å². The molecule has 0 saturated carbocycles. The fourth-order valence-corrected chi connectivity index (χ4v) is 3.17. The maximum atomic E-state index is 14.1. The molecule has 2 aromatic rings. The first-order valence-corrected chi connectivity index (χ1v) is 8.61. The fourth-order valence-electron chi connectivity index (χ4n) is 3.17. The molecule has 6 heteroatoms. The summed E-state index contributed by atoms with van der Waals surface area (Å²) in [6, 6.07) is 9.54. The highest BCUT2D eigenvalue weighted by Crippen LogP contribution is 2.28. The van der Waals surface area contributed by atoms with E-state index in [0.717, 1.165) is 23.1 Å². The monoisotopic (exact) mass is 354 g/mol. The van der Waals surface area contributed by atoms with Crippen molar-refractivity contribution < 1.29 is 9.18 Å². The molecule has 1 aliphatic heterocycles. The Morgan fingerprint density at radius 3 is 2.85 bits per heavy atom. The first kappa shape index (κ1) is 18.0. The summed E-state index contributed by atoms with van der Waals surface area (Å²) in [6.07, 6.45) is 3.26. The standard InChI is InChI=1S/C20H23FN4O/c1-13-9-16(18(21)23-12-13)15-6-4-5-14(10-15)7-8-20(2)11-17(26)25(3)19(22)24-20/h4-6,9-10,12H,7-8,11H2,1-3H3,(H2,22,24). The molecule has 0 bridgehead atoms. The summed E-state index contributed by atoms with van der Waals surface area (Å²) in [5.74, 6) is -0.245. The normalized spacial score (nSPS) is 20.2. The number of hydrogen-bond acceptors (Lipinski definition) is 4. The molecular formula is C20H23FN4O. The molecular weight excluding hydrogens is 331 g/mol. The van der Waals surface area contributed by atoms with Crippen molar-refractivity contribution in [2.45, 2.75) is 38.6 Å². The van der Waals surface area contributed by atoms with Crippen LogP contribution in [0.3, 0.4) is 0 Å². The molecule has 1 aromatic carbocycles. The molecule has 5 nitrogen and oxygen atoms in total. The van der Waals surface area contributed by atoms with Crippen LogP contribution in [0, 0.1) is 12.9 Å². The van der Waals surface area contributed by atoms with E-state index in [1.807, 2.05) is 38.1 Å². The number of aromatic nitrogens is 1. The van der Waals surface area contributed by atoms with Crippen LogP contribution in [0.4, 0.5) is 4.39 Å². The average molecular weight is 354 g/mol. The van der Waals surface area contributed by atoms with Gasteiger partial charge in [0.05, 0.1) is 12.0 Å². The zero-order valence-corrected chi connectivity index (χ0v) is 15.3. The average Bonchev–Trinajstić information content (AvgIpc) is 2.60. The number of aliphatic imine (C=N–C) groups is 1. The second-order valence-electron chi connectivity index (χ2n) is 7.15. The Morgan fingerprint density at radius 1 is 1.35 bits per heavy atom. The van der Waals surface area contributed by atoms with Crippen LogP contribution in [-0.2, 0) is 11.2 Å². The van der Waals surface area contributed by atoms with Gasteiger partial charge in [0.25, 0.3) is 0 Å². The van der Waals surface area contributed by atoms with Crippen LogP contribution in [0.5, 0.6) is 0 Å². The number of carbonyl (C=O) groups excluding carboxylic acids is 1. The summed E-state index contributed by atoms with van der Waals surface area (Å²) < 4.78 is 14.1. The Labute approximate surface area is 152 Å². The summed E-state index contributed by atoms with van der Waals surface area (Å²) in [7, 11) is 1.63. The molecule has 26 heavy (non-hydrogen) atoms. The minimum atomic E-state index is -0.514. The van der Waals surface area contributed by atoms with E-state index in [1.165, 1.54) is 11.1 Å². The summed E-state index contributed by atoms with van der Waals surface area (Å²) in [6.45, 7) is 3.83. The van der Waals surface area contributed by atoms with Gasteiger partial charge in [-0.15, -0.1) is 0 Å². The van der Waals surface area contributed by atoms with Crippen molar-refractivity contribution in [3.63, 3.8) is 0 Å². The van der Waals surface area contributed by atoms with Crippen LogP contribution in [-0.4, -0.2) is 34.3 Å². The quantitative estimate of drug-likeness (QED) is 0.858. The summed E-state index contributed by atoms with van der Waals surface area (Å²) in [5, 5.41) is 0. The van der Waals surface area contributed by atoms with Gasteiger partial charge in [-0.25, -0.2) is 9.98 Å². The molecule has 3 rings (SSSR count). The predicted octanol–water partition coefficient (Wildman–Crippen LogP) is 3.06. The van der Waals surface area contributed by atoms with E-state index in [-0.39, 0.29) is 11.9 Å². The van der Waals surface area contributed by atoms with Crippen molar-refractivity contribution in [1.82, 2.24) is 9.88 Å². The third-order valence-electron chi connectivity index (χ3n) is 4.80. The first-order chi connectivity index (χ1) is 12.3. The number of halogens is 1. The van der Waals surface area contributed by atoms with Gasteiger partial charge in [-0.1, -0.05) is 24.3 Å². The minimum absolute atomic E-state index is 0.0262. The smallest absolute Gasteiger partial charge is 0.231 e. The zero-order chi connectivity index (χ0) is 18.9. The molecule has 1 aromatic heterocycles. The van der Waals surface area contributed by atoms with Gasteiger partial charge in [0, 0.05) is 18.8 Å². The van der Waals surface area contributed by atoms with Gasteiger partial charge in [0.2, 0.25) is 11.9 Å². The van der Waals surface area contributed by atoms with Crippen LogP contribution in [0.25, 0.3) is 11.1 Å². The number of guanidine groups is 1. The SMILES string of the molecule is Cc1cnc(F)c(-c2cccc(CCC3(C)CC(=O)N(C)C(N)=N3)c2)c1. The van der Waals surface area contributed by atoms with Gasteiger partial charge < -0.3 is 5.73 Å². The zero-order valence-electron chi connectivity index (χ0n) is 15.3. The number of aryl methyl sites for hydroxylation is 2. The number of nitrogens with zero attached hydrogens (tertiary/aromatic N) is 3. The van der Waals surface area contributed by atoms with Crippen molar-refractivity contribution in [3.8, 4) is 11.1 Å². The molecule has 1 aliphatic rings. The van der Waals surface area contributed by atoms with Crippen molar-refractivity contribution >= 4 is 11.9 Å². The Morgan fingerprint density at radius 2 is 2.12 bits per heavy atom. The van der Waals surface area contributed by atoms with Gasteiger partial charge in [-0.05, 0) is 49.4 Å². The van der Waals surface area contributed by atoms with E-state index in [1.54, 1.807) is 13.1 Å². The van der Waals surface area contributed by atoms with E-state index < -0.39 is 11.5 Å². The molecule has 0 spiro atoms. The molecule has 0 radical (unpaired) electrons. The van der Waals surface area contributed by atoms with Crippen molar-refractivity contribution in [1.29, 1.82) is 0 Å². The summed E-state index contributed by atoms with van der Waals surface area (Å²) in [5.41, 5.74) is 8.60. The van der Waals surface area contributed by atoms with Crippen molar-refractivity contribution in [3.05, 3.63) is 53.6 Å². The lowest BCUT2D eigenvalue weighted by Crippen LogP contribution is -2.48. The van der Waals surface area contributed by atoms with Gasteiger partial charge >= 0.3 is 0 Å². The third-order valence-corrected chi connectivity index (χ3v) is 4.80. The lowest BCUT2D eigenvalue weighted by molar-refractivity contribution is -0.128. The molecule has 2 heterocycles. The minimum Gasteiger partial charge on any atom is -0.369 e. The maximum Gasteiger partial charge on any atom is 0.231 e. The summed E-state index contributed by atoms with van der Waals surface area (Å²) in [4.78, 5) is 21.7. The van der Waals surface area contributed by atoms with E-state index in [4.69, 9.17) is 5.73 Å². The predicted molar refractivity (Wildman–Crippen MR) is 100 cm³/mol. The molecule has 0 saturated heterocycles. The third kappa shape index (κ3) is 3.74. The number of pyridine rings is 1. The molecule has 0 fully saturated rings. The highest BCUT2D eigenvalue weighted by molar-refractivity contribution is 5.98. The summed E-state index contributed by atoms with van der Waals surface area (Å²) >= 11 is 0. The van der Waals surface area contributed by atoms with Gasteiger partial charge in [0.1, 0.15) is 0 Å². The molecule has 0 aliphatic carbocycles. The Balaban J connectivity index is 1.80. The van der Waals surface area contributed by atoms with Crippen molar-refractivity contribution in [2.75, 3.05) is 7.05 Å². The number of nitrogens with two attached hydrogens (primary N) is 1. The largest absolute Gasteiger partial charge is 0.369 e. The highest BCUT2D eigenvalue weighted by Gasteiger charge is 2.34. The van der Waals surface area contributed by atoms with Crippen molar-refractivity contribution in [2.24, 2.45) is 10.7 Å². The highest BCUT2D eigenvalue weighted by atomic mass is 19.1. The number of carbonyl (C=O) groups is 1. The van der Waals surface area contributed by atoms with Crippen LogP contribution in [0.15, 0.2) is 41.5 Å². The fraction of sp³-hybridized carbons (Fsp3) is 0.350.